The van der Waals surface area contributed by atoms with E-state index >= 15 is 0 Å². The largest absolute Gasteiger partial charge is 0.481 e. The highest BCUT2D eigenvalue weighted by Crippen LogP contribution is 2.41. The molecule has 0 atom stereocenters. The second kappa shape index (κ2) is 10.3. The number of carboxylic acid groups (broad SMARTS) is 1. The Morgan fingerprint density at radius 3 is 2.32 bits per heavy atom. The van der Waals surface area contributed by atoms with Crippen molar-refractivity contribution in [2.24, 2.45) is 5.73 Å². The maximum Gasteiger partial charge on any atom is 0.341 e. The third-order valence-corrected chi connectivity index (χ3v) is 6.53. The van der Waals surface area contributed by atoms with Gasteiger partial charge in [-0.05, 0) is 53.9 Å². The Kier molecular flexibility index (Phi) is 6.75. The lowest BCUT2D eigenvalue weighted by Crippen LogP contribution is -2.12. The van der Waals surface area contributed by atoms with E-state index in [9.17, 15) is 14.7 Å². The summed E-state index contributed by atoms with van der Waals surface area (Å²) >= 11 is 0. The molecule has 0 saturated heterocycles. The number of rotatable bonds is 9. The molecule has 5 aromatic rings. The van der Waals surface area contributed by atoms with Crippen LogP contribution in [-0.2, 0) is 11.3 Å². The summed E-state index contributed by atoms with van der Waals surface area (Å²) in [6, 6.07) is 26.7. The van der Waals surface area contributed by atoms with Gasteiger partial charge in [-0.1, -0.05) is 56.3 Å². The summed E-state index contributed by atoms with van der Waals surface area (Å²) in [4.78, 5) is 23.9. The minimum atomic E-state index is -1.08. The number of carbonyl (C=O) groups excluding carboxylic acids is 1. The van der Waals surface area contributed by atoms with Crippen molar-refractivity contribution in [3.05, 3.63) is 102 Å². The van der Waals surface area contributed by atoms with Crippen LogP contribution in [0.25, 0.3) is 21.8 Å². The molecule has 0 saturated carbocycles. The molecular formula is C31H28N2O5. The zero-order chi connectivity index (χ0) is 26.8. The summed E-state index contributed by atoms with van der Waals surface area (Å²) in [5, 5.41) is 10.6. The van der Waals surface area contributed by atoms with Gasteiger partial charge in [-0.15, -0.1) is 0 Å². The molecule has 7 nitrogen and oxygen atoms in total. The number of fused-ring (bicyclic) bond motifs is 3. The van der Waals surface area contributed by atoms with E-state index in [0.717, 1.165) is 27.9 Å². The highest BCUT2D eigenvalue weighted by molar-refractivity contribution is 6.20. The fourth-order valence-electron chi connectivity index (χ4n) is 4.73. The summed E-state index contributed by atoms with van der Waals surface area (Å²) in [5.74, 6) is 0.340. The number of para-hydroxylation sites is 2. The maximum atomic E-state index is 12.5. The highest BCUT2D eigenvalue weighted by Gasteiger charge is 2.22. The number of nitrogens with two attached hydrogens (primary N) is 1. The van der Waals surface area contributed by atoms with Gasteiger partial charge in [0.15, 0.2) is 6.61 Å². The SMILES string of the molecule is CC(C)c1cc(OCC(=O)O)c2c3c(C(N)=O)cccc3n(Cc3ccccc3Oc3ccccc3)c2c1. The van der Waals surface area contributed by atoms with E-state index in [2.05, 4.69) is 24.5 Å². The van der Waals surface area contributed by atoms with Crippen LogP contribution in [0.15, 0.2) is 84.9 Å². The lowest BCUT2D eigenvalue weighted by atomic mass is 9.99. The first-order valence-electron chi connectivity index (χ1n) is 12.4. The Morgan fingerprint density at radius 2 is 1.61 bits per heavy atom. The van der Waals surface area contributed by atoms with Crippen molar-refractivity contribution in [2.45, 2.75) is 26.3 Å². The molecule has 1 heterocycles. The molecule has 0 bridgehead atoms. The third kappa shape index (κ3) is 4.78. The second-order valence-corrected chi connectivity index (χ2v) is 9.42. The molecule has 1 aromatic heterocycles. The van der Waals surface area contributed by atoms with Crippen LogP contribution in [0.5, 0.6) is 17.2 Å². The number of ether oxygens (including phenoxy) is 2. The highest BCUT2D eigenvalue weighted by atomic mass is 16.5. The van der Waals surface area contributed by atoms with E-state index in [1.54, 1.807) is 12.1 Å². The minimum Gasteiger partial charge on any atom is -0.481 e. The molecule has 0 radical (unpaired) electrons. The number of hydrogen-bond acceptors (Lipinski definition) is 4. The number of aliphatic carboxylic acids is 1. The summed E-state index contributed by atoms with van der Waals surface area (Å²) in [6.07, 6.45) is 0. The average Bonchev–Trinajstić information content (AvgIpc) is 3.22. The zero-order valence-corrected chi connectivity index (χ0v) is 21.2. The topological polar surface area (TPSA) is 104 Å². The number of carboxylic acids is 1. The Hall–Kier alpha value is -4.78. The molecule has 192 valence electrons. The standard InChI is InChI=1S/C31H28N2O5/c1-19(2)21-15-25-30(27(16-21)37-18-28(34)35)29-23(31(32)36)12-8-13-24(29)33(25)17-20-9-6-7-14-26(20)38-22-10-4-3-5-11-22/h3-16,19H,17-18H2,1-2H3,(H2,32,36)(H,34,35). The predicted molar refractivity (Wildman–Crippen MR) is 147 cm³/mol. The lowest BCUT2D eigenvalue weighted by molar-refractivity contribution is -0.139. The van der Waals surface area contributed by atoms with Gasteiger partial charge in [-0.2, -0.15) is 0 Å². The molecule has 3 N–H and O–H groups in total. The number of amides is 1. The number of aromatic nitrogens is 1. The van der Waals surface area contributed by atoms with Gasteiger partial charge < -0.3 is 24.9 Å². The van der Waals surface area contributed by atoms with Crippen LogP contribution in [0.3, 0.4) is 0 Å². The number of hydrogen-bond donors (Lipinski definition) is 2. The summed E-state index contributed by atoms with van der Waals surface area (Å²) in [6.45, 7) is 4.06. The van der Waals surface area contributed by atoms with Crippen molar-refractivity contribution in [1.29, 1.82) is 0 Å². The zero-order valence-electron chi connectivity index (χ0n) is 21.2. The van der Waals surface area contributed by atoms with Crippen molar-refractivity contribution >= 4 is 33.7 Å². The van der Waals surface area contributed by atoms with E-state index in [0.29, 0.717) is 34.4 Å². The van der Waals surface area contributed by atoms with Crippen LogP contribution in [0, 0.1) is 0 Å². The van der Waals surface area contributed by atoms with E-state index in [1.807, 2.05) is 66.7 Å². The smallest absolute Gasteiger partial charge is 0.341 e. The van der Waals surface area contributed by atoms with Gasteiger partial charge in [0.05, 0.1) is 23.0 Å². The van der Waals surface area contributed by atoms with Gasteiger partial charge in [0.25, 0.3) is 0 Å². The van der Waals surface area contributed by atoms with Crippen LogP contribution in [-0.4, -0.2) is 28.2 Å². The quantitative estimate of drug-likeness (QED) is 0.242. The normalized spacial score (nSPS) is 11.2. The van der Waals surface area contributed by atoms with Gasteiger partial charge in [-0.25, -0.2) is 4.79 Å². The minimum absolute atomic E-state index is 0.155. The number of primary amides is 1. The van der Waals surface area contributed by atoms with E-state index in [4.69, 9.17) is 15.2 Å². The van der Waals surface area contributed by atoms with Crippen molar-refractivity contribution in [3.63, 3.8) is 0 Å². The molecule has 0 aliphatic carbocycles. The Balaban J connectivity index is 1.76. The Bertz CT molecular complexity index is 1650. The molecule has 7 heteroatoms. The molecule has 0 unspecified atom stereocenters. The van der Waals surface area contributed by atoms with Gasteiger partial charge in [0.1, 0.15) is 17.2 Å². The lowest BCUT2D eigenvalue weighted by Gasteiger charge is -2.15. The monoisotopic (exact) mass is 508 g/mol. The van der Waals surface area contributed by atoms with Gasteiger partial charge in [0.2, 0.25) is 5.91 Å². The fourth-order valence-corrected chi connectivity index (χ4v) is 4.73. The number of benzene rings is 4. The molecular weight excluding hydrogens is 480 g/mol. The van der Waals surface area contributed by atoms with Crippen LogP contribution in [0.1, 0.15) is 41.3 Å². The van der Waals surface area contributed by atoms with E-state index in [-0.39, 0.29) is 5.92 Å². The number of carbonyl (C=O) groups is 2. The Morgan fingerprint density at radius 1 is 0.868 bits per heavy atom. The predicted octanol–water partition coefficient (Wildman–Crippen LogP) is 6.32. The molecule has 4 aromatic carbocycles. The first kappa shape index (κ1) is 24.9. The average molecular weight is 509 g/mol. The van der Waals surface area contributed by atoms with E-state index in [1.165, 1.54) is 0 Å². The molecule has 1 amide bonds. The molecule has 0 aliphatic heterocycles. The van der Waals surface area contributed by atoms with E-state index < -0.39 is 18.5 Å². The van der Waals surface area contributed by atoms with Crippen LogP contribution in [0.4, 0.5) is 0 Å². The van der Waals surface area contributed by atoms with Gasteiger partial charge in [0, 0.05) is 16.5 Å². The van der Waals surface area contributed by atoms with Gasteiger partial charge >= 0.3 is 5.97 Å². The van der Waals surface area contributed by atoms with Crippen molar-refractivity contribution in [1.82, 2.24) is 4.57 Å². The first-order chi connectivity index (χ1) is 18.3. The first-order valence-corrected chi connectivity index (χ1v) is 12.4. The summed E-state index contributed by atoms with van der Waals surface area (Å²) in [5.41, 5.74) is 9.65. The van der Waals surface area contributed by atoms with Crippen molar-refractivity contribution in [2.75, 3.05) is 6.61 Å². The molecule has 38 heavy (non-hydrogen) atoms. The second-order valence-electron chi connectivity index (χ2n) is 9.42. The molecule has 5 rings (SSSR count). The molecule has 0 fully saturated rings. The fraction of sp³-hybridized carbons (Fsp3) is 0.161. The molecule has 0 spiro atoms. The van der Waals surface area contributed by atoms with Crippen molar-refractivity contribution in [3.8, 4) is 17.2 Å². The summed E-state index contributed by atoms with van der Waals surface area (Å²) in [7, 11) is 0. The van der Waals surface area contributed by atoms with Crippen LogP contribution in [0.2, 0.25) is 0 Å². The maximum absolute atomic E-state index is 12.5. The van der Waals surface area contributed by atoms with Crippen molar-refractivity contribution < 1.29 is 24.2 Å². The van der Waals surface area contributed by atoms with Crippen LogP contribution < -0.4 is 15.2 Å². The summed E-state index contributed by atoms with van der Waals surface area (Å²) < 4.78 is 14.1. The Labute approximate surface area is 220 Å². The van der Waals surface area contributed by atoms with Gasteiger partial charge in [-0.3, -0.25) is 4.79 Å². The third-order valence-electron chi connectivity index (χ3n) is 6.53. The van der Waals surface area contributed by atoms with Crippen LogP contribution >= 0.6 is 0 Å². The number of nitrogens with zero attached hydrogens (tertiary/aromatic N) is 1. The molecule has 0 aliphatic rings.